The van der Waals surface area contributed by atoms with Crippen molar-refractivity contribution in [3.8, 4) is 0 Å². The number of ether oxygens (including phenoxy) is 1. The van der Waals surface area contributed by atoms with Gasteiger partial charge >= 0.3 is 6.09 Å². The van der Waals surface area contributed by atoms with Crippen molar-refractivity contribution in [2.24, 2.45) is 5.92 Å². The molecule has 2 rings (SSSR count). The lowest BCUT2D eigenvalue weighted by Crippen LogP contribution is -2.29. The Morgan fingerprint density at radius 2 is 2.22 bits per heavy atom. The molecule has 0 saturated carbocycles. The van der Waals surface area contributed by atoms with Crippen LogP contribution < -0.4 is 0 Å². The first-order chi connectivity index (χ1) is 8.70. The van der Waals surface area contributed by atoms with Gasteiger partial charge in [0.25, 0.3) is 0 Å². The fourth-order valence-corrected chi connectivity index (χ4v) is 1.79. The van der Waals surface area contributed by atoms with E-state index < -0.39 is 0 Å². The fraction of sp³-hybridized carbons (Fsp3) is 0.400. The lowest BCUT2D eigenvalue weighted by atomic mass is 10.1. The van der Waals surface area contributed by atoms with Crippen LogP contribution in [0.15, 0.2) is 30.5 Å². The molecule has 3 heteroatoms. The van der Waals surface area contributed by atoms with Crippen LogP contribution >= 0.6 is 0 Å². The summed E-state index contributed by atoms with van der Waals surface area (Å²) in [5.74, 6) is 0.412. The second-order valence-corrected chi connectivity index (χ2v) is 4.73. The van der Waals surface area contributed by atoms with E-state index in [0.717, 1.165) is 12.0 Å². The quantitative estimate of drug-likeness (QED) is 0.813. The lowest BCUT2D eigenvalue weighted by Gasteiger charge is -2.23. The molecule has 1 aromatic rings. The van der Waals surface area contributed by atoms with Gasteiger partial charge in [-0.3, -0.25) is 4.90 Å². The van der Waals surface area contributed by atoms with E-state index in [2.05, 4.69) is 13.8 Å². The van der Waals surface area contributed by atoms with E-state index in [9.17, 15) is 4.79 Å². The molecule has 0 aliphatic carbocycles. The van der Waals surface area contributed by atoms with Crippen LogP contribution in [0.5, 0.6) is 0 Å². The van der Waals surface area contributed by atoms with Gasteiger partial charge in [-0.2, -0.15) is 0 Å². The van der Waals surface area contributed by atoms with Gasteiger partial charge < -0.3 is 4.74 Å². The van der Waals surface area contributed by atoms with Gasteiger partial charge in [-0.15, -0.1) is 0 Å². The Morgan fingerprint density at radius 1 is 1.44 bits per heavy atom. The standard InChI is InChI=1S/C15H19NO2/c1-3-12(2)11-18-15(17)16-9-8-13-6-4-5-7-14(13)10-16/h4-9,12H,3,10-11H2,1-2H3. The van der Waals surface area contributed by atoms with Crippen molar-refractivity contribution in [3.05, 3.63) is 41.6 Å². The second kappa shape index (κ2) is 5.71. The van der Waals surface area contributed by atoms with Crippen LogP contribution in [0, 0.1) is 5.92 Å². The third-order valence-electron chi connectivity index (χ3n) is 3.25. The maximum absolute atomic E-state index is 11.9. The average Bonchev–Trinajstić information content (AvgIpc) is 2.43. The van der Waals surface area contributed by atoms with E-state index in [4.69, 9.17) is 4.74 Å². The Labute approximate surface area is 108 Å². The minimum absolute atomic E-state index is 0.263. The molecular weight excluding hydrogens is 226 g/mol. The maximum atomic E-state index is 11.9. The van der Waals surface area contributed by atoms with Gasteiger partial charge in [0.05, 0.1) is 13.2 Å². The molecule has 0 saturated heterocycles. The van der Waals surface area contributed by atoms with Gasteiger partial charge in [0.1, 0.15) is 0 Å². The van der Waals surface area contributed by atoms with Crippen molar-refractivity contribution in [3.63, 3.8) is 0 Å². The zero-order valence-electron chi connectivity index (χ0n) is 10.9. The summed E-state index contributed by atoms with van der Waals surface area (Å²) in [6.45, 7) is 5.25. The Hall–Kier alpha value is -1.77. The van der Waals surface area contributed by atoms with Crippen LogP contribution in [0.25, 0.3) is 6.08 Å². The minimum atomic E-state index is -0.263. The first kappa shape index (κ1) is 12.7. The molecule has 1 aliphatic heterocycles. The predicted molar refractivity (Wildman–Crippen MR) is 71.8 cm³/mol. The zero-order valence-corrected chi connectivity index (χ0v) is 10.9. The third kappa shape index (κ3) is 2.92. The monoisotopic (exact) mass is 245 g/mol. The molecule has 1 amide bonds. The number of benzene rings is 1. The van der Waals surface area contributed by atoms with Gasteiger partial charge in [-0.1, -0.05) is 44.5 Å². The zero-order chi connectivity index (χ0) is 13.0. The molecule has 1 aromatic carbocycles. The van der Waals surface area contributed by atoms with E-state index in [1.807, 2.05) is 30.3 Å². The molecule has 0 N–H and O–H groups in total. The van der Waals surface area contributed by atoms with Gasteiger partial charge in [-0.05, 0) is 23.1 Å². The molecule has 96 valence electrons. The molecule has 18 heavy (non-hydrogen) atoms. The number of hydrogen-bond donors (Lipinski definition) is 0. The molecular formula is C15H19NO2. The van der Waals surface area contributed by atoms with Gasteiger partial charge in [0, 0.05) is 6.20 Å². The summed E-state index contributed by atoms with van der Waals surface area (Å²) in [5.41, 5.74) is 2.32. The van der Waals surface area contributed by atoms with E-state index in [1.165, 1.54) is 5.56 Å². The summed E-state index contributed by atoms with van der Waals surface area (Å²) in [7, 11) is 0. The Balaban J connectivity index is 1.95. The number of carbonyl (C=O) groups is 1. The number of hydrogen-bond acceptors (Lipinski definition) is 2. The number of rotatable bonds is 3. The van der Waals surface area contributed by atoms with E-state index in [-0.39, 0.29) is 6.09 Å². The first-order valence-corrected chi connectivity index (χ1v) is 6.40. The smallest absolute Gasteiger partial charge is 0.414 e. The molecule has 1 unspecified atom stereocenters. The van der Waals surface area contributed by atoms with Crippen molar-refractivity contribution in [2.45, 2.75) is 26.8 Å². The normalized spacial score (nSPS) is 15.1. The fourth-order valence-electron chi connectivity index (χ4n) is 1.79. The second-order valence-electron chi connectivity index (χ2n) is 4.73. The van der Waals surface area contributed by atoms with Crippen LogP contribution in [0.3, 0.4) is 0 Å². The van der Waals surface area contributed by atoms with E-state index in [1.54, 1.807) is 11.1 Å². The van der Waals surface area contributed by atoms with Gasteiger partial charge in [-0.25, -0.2) is 4.79 Å². The summed E-state index contributed by atoms with van der Waals surface area (Å²) >= 11 is 0. The molecule has 0 fully saturated rings. The van der Waals surface area contributed by atoms with E-state index in [0.29, 0.717) is 19.1 Å². The summed E-state index contributed by atoms with van der Waals surface area (Å²) in [5, 5.41) is 0. The van der Waals surface area contributed by atoms with Crippen LogP contribution in [-0.4, -0.2) is 17.6 Å². The highest BCUT2D eigenvalue weighted by atomic mass is 16.6. The van der Waals surface area contributed by atoms with Crippen molar-refractivity contribution in [2.75, 3.05) is 6.61 Å². The number of fused-ring (bicyclic) bond motifs is 1. The molecule has 1 atom stereocenters. The van der Waals surface area contributed by atoms with Crippen molar-refractivity contribution < 1.29 is 9.53 Å². The highest BCUT2D eigenvalue weighted by molar-refractivity contribution is 5.72. The lowest BCUT2D eigenvalue weighted by molar-refractivity contribution is 0.100. The summed E-state index contributed by atoms with van der Waals surface area (Å²) in [6, 6.07) is 8.07. The molecule has 3 nitrogen and oxygen atoms in total. The Bertz CT molecular complexity index is 454. The number of amides is 1. The molecule has 1 heterocycles. The topological polar surface area (TPSA) is 29.5 Å². The van der Waals surface area contributed by atoms with Crippen molar-refractivity contribution >= 4 is 12.2 Å². The Kier molecular flexibility index (Phi) is 4.03. The summed E-state index contributed by atoms with van der Waals surface area (Å²) in [4.78, 5) is 13.5. The van der Waals surface area contributed by atoms with Crippen LogP contribution in [-0.2, 0) is 11.3 Å². The highest BCUT2D eigenvalue weighted by Crippen LogP contribution is 2.19. The maximum Gasteiger partial charge on any atom is 0.414 e. The Morgan fingerprint density at radius 3 is 3.00 bits per heavy atom. The first-order valence-electron chi connectivity index (χ1n) is 6.40. The van der Waals surface area contributed by atoms with Crippen molar-refractivity contribution in [1.29, 1.82) is 0 Å². The predicted octanol–water partition coefficient (Wildman–Crippen LogP) is 3.66. The SMILES string of the molecule is CCC(C)COC(=O)N1C=Cc2ccccc2C1. The molecule has 0 radical (unpaired) electrons. The van der Waals surface area contributed by atoms with Gasteiger partial charge in [0.15, 0.2) is 0 Å². The molecule has 1 aliphatic rings. The summed E-state index contributed by atoms with van der Waals surface area (Å²) in [6.07, 6.45) is 4.50. The van der Waals surface area contributed by atoms with Crippen LogP contribution in [0.1, 0.15) is 31.4 Å². The van der Waals surface area contributed by atoms with E-state index >= 15 is 0 Å². The molecule has 0 spiro atoms. The largest absolute Gasteiger partial charge is 0.449 e. The molecule has 0 aromatic heterocycles. The molecule has 0 bridgehead atoms. The van der Waals surface area contributed by atoms with Crippen LogP contribution in [0.2, 0.25) is 0 Å². The average molecular weight is 245 g/mol. The van der Waals surface area contributed by atoms with Crippen LogP contribution in [0.4, 0.5) is 4.79 Å². The summed E-state index contributed by atoms with van der Waals surface area (Å²) < 4.78 is 5.28. The highest BCUT2D eigenvalue weighted by Gasteiger charge is 2.17. The third-order valence-corrected chi connectivity index (χ3v) is 3.25. The number of carbonyl (C=O) groups excluding carboxylic acids is 1. The van der Waals surface area contributed by atoms with Gasteiger partial charge in [0.2, 0.25) is 0 Å². The number of nitrogens with zero attached hydrogens (tertiary/aromatic N) is 1. The minimum Gasteiger partial charge on any atom is -0.449 e. The van der Waals surface area contributed by atoms with Crippen molar-refractivity contribution in [1.82, 2.24) is 4.90 Å².